The van der Waals surface area contributed by atoms with Crippen LogP contribution in [0.5, 0.6) is 0 Å². The zero-order valence-corrected chi connectivity index (χ0v) is 8.91. The molecule has 72 valence electrons. The molecule has 0 aliphatic carbocycles. The molecular weight excluding hydrogens is 170 g/mol. The van der Waals surface area contributed by atoms with Gasteiger partial charge in [0.15, 0.2) is 0 Å². The van der Waals surface area contributed by atoms with Crippen LogP contribution in [-0.4, -0.2) is 4.98 Å². The van der Waals surface area contributed by atoms with E-state index in [1.54, 1.807) is 0 Å². The Morgan fingerprint density at radius 1 is 1.00 bits per heavy atom. The van der Waals surface area contributed by atoms with Crippen LogP contribution >= 0.6 is 0 Å². The van der Waals surface area contributed by atoms with Gasteiger partial charge in [-0.05, 0) is 11.5 Å². The van der Waals surface area contributed by atoms with Crippen LogP contribution in [0.1, 0.15) is 26.5 Å². The molecule has 0 N–H and O–H groups in total. The molecule has 2 rings (SSSR count). The van der Waals surface area contributed by atoms with Gasteiger partial charge in [0.2, 0.25) is 0 Å². The van der Waals surface area contributed by atoms with Gasteiger partial charge in [-0.3, -0.25) is 4.98 Å². The van der Waals surface area contributed by atoms with Crippen LogP contribution in [0.15, 0.2) is 36.5 Å². The van der Waals surface area contributed by atoms with Crippen molar-refractivity contribution < 1.29 is 0 Å². The van der Waals surface area contributed by atoms with Crippen LogP contribution in [0.4, 0.5) is 0 Å². The number of rotatable bonds is 0. The molecule has 1 heterocycles. The maximum Gasteiger partial charge on any atom is 0.0535 e. The van der Waals surface area contributed by atoms with Gasteiger partial charge in [0.25, 0.3) is 0 Å². The molecule has 0 aliphatic rings. The Morgan fingerprint density at radius 2 is 1.71 bits per heavy atom. The molecule has 1 aromatic carbocycles. The number of aromatic nitrogens is 1. The van der Waals surface area contributed by atoms with Crippen molar-refractivity contribution in [3.63, 3.8) is 0 Å². The van der Waals surface area contributed by atoms with Crippen LogP contribution in [0.2, 0.25) is 0 Å². The van der Waals surface area contributed by atoms with E-state index in [0.717, 1.165) is 0 Å². The summed E-state index contributed by atoms with van der Waals surface area (Å²) in [5.41, 5.74) is 1.29. The van der Waals surface area contributed by atoms with Crippen molar-refractivity contribution in [2.75, 3.05) is 0 Å². The van der Waals surface area contributed by atoms with E-state index in [1.807, 2.05) is 6.20 Å². The molecule has 2 aromatic rings. The number of nitrogens with zero attached hydrogens (tertiary/aromatic N) is 1. The fourth-order valence-corrected chi connectivity index (χ4v) is 1.72. The van der Waals surface area contributed by atoms with E-state index < -0.39 is 0 Å². The lowest BCUT2D eigenvalue weighted by Gasteiger charge is -2.19. The van der Waals surface area contributed by atoms with Gasteiger partial charge in [0.05, 0.1) is 5.69 Å². The summed E-state index contributed by atoms with van der Waals surface area (Å²) in [6.07, 6.45) is 1.89. The second kappa shape index (κ2) is 3.09. The predicted molar refractivity (Wildman–Crippen MR) is 60.4 cm³/mol. The van der Waals surface area contributed by atoms with Crippen LogP contribution in [-0.2, 0) is 5.41 Å². The number of benzene rings is 1. The van der Waals surface area contributed by atoms with Crippen molar-refractivity contribution in [1.29, 1.82) is 0 Å². The third kappa shape index (κ3) is 1.50. The van der Waals surface area contributed by atoms with E-state index in [2.05, 4.69) is 56.1 Å². The lowest BCUT2D eigenvalue weighted by molar-refractivity contribution is 0.575. The molecule has 14 heavy (non-hydrogen) atoms. The van der Waals surface area contributed by atoms with Gasteiger partial charge >= 0.3 is 0 Å². The predicted octanol–water partition coefficient (Wildman–Crippen LogP) is 3.53. The van der Waals surface area contributed by atoms with E-state index in [0.29, 0.717) is 0 Å². The summed E-state index contributed by atoms with van der Waals surface area (Å²) in [5, 5.41) is 2.54. The average Bonchev–Trinajstić information content (AvgIpc) is 2.15. The van der Waals surface area contributed by atoms with E-state index in [4.69, 9.17) is 0 Å². The minimum atomic E-state index is 0.112. The summed E-state index contributed by atoms with van der Waals surface area (Å²) in [4.78, 5) is 4.48. The van der Waals surface area contributed by atoms with E-state index >= 15 is 0 Å². The number of fused-ring (bicyclic) bond motifs is 1. The van der Waals surface area contributed by atoms with E-state index in [1.165, 1.54) is 16.5 Å². The molecule has 0 bridgehead atoms. The van der Waals surface area contributed by atoms with Crippen molar-refractivity contribution >= 4 is 10.8 Å². The Bertz CT molecular complexity index is 447. The molecule has 1 aromatic heterocycles. The van der Waals surface area contributed by atoms with Gasteiger partial charge < -0.3 is 0 Å². The second-order valence-corrected chi connectivity index (χ2v) is 4.63. The normalized spacial score (nSPS) is 11.9. The first-order valence-electron chi connectivity index (χ1n) is 4.93. The van der Waals surface area contributed by atoms with Gasteiger partial charge in [-0.15, -0.1) is 0 Å². The molecular formula is C13H15N. The van der Waals surface area contributed by atoms with Gasteiger partial charge in [0.1, 0.15) is 0 Å². The Kier molecular flexibility index (Phi) is 2.03. The number of hydrogen-bond donors (Lipinski definition) is 0. The van der Waals surface area contributed by atoms with Crippen molar-refractivity contribution in [3.8, 4) is 0 Å². The zero-order valence-electron chi connectivity index (χ0n) is 8.91. The molecule has 0 fully saturated rings. The number of hydrogen-bond acceptors (Lipinski definition) is 1. The summed E-state index contributed by atoms with van der Waals surface area (Å²) >= 11 is 0. The fourth-order valence-electron chi connectivity index (χ4n) is 1.72. The highest BCUT2D eigenvalue weighted by Crippen LogP contribution is 2.27. The maximum atomic E-state index is 4.48. The van der Waals surface area contributed by atoms with Crippen molar-refractivity contribution in [2.45, 2.75) is 26.2 Å². The van der Waals surface area contributed by atoms with Gasteiger partial charge in [-0.25, -0.2) is 0 Å². The van der Waals surface area contributed by atoms with Crippen LogP contribution in [0.3, 0.4) is 0 Å². The summed E-state index contributed by atoms with van der Waals surface area (Å²) in [7, 11) is 0. The lowest BCUT2D eigenvalue weighted by Crippen LogP contribution is -2.13. The zero-order chi connectivity index (χ0) is 10.2. The van der Waals surface area contributed by atoms with Gasteiger partial charge in [0, 0.05) is 17.0 Å². The molecule has 0 amide bonds. The number of pyridine rings is 1. The summed E-state index contributed by atoms with van der Waals surface area (Å²) in [6, 6.07) is 10.5. The molecule has 0 atom stereocenters. The minimum Gasteiger partial charge on any atom is -0.260 e. The van der Waals surface area contributed by atoms with E-state index in [-0.39, 0.29) is 5.41 Å². The van der Waals surface area contributed by atoms with Crippen LogP contribution < -0.4 is 0 Å². The summed E-state index contributed by atoms with van der Waals surface area (Å²) in [5.74, 6) is 0. The van der Waals surface area contributed by atoms with Gasteiger partial charge in [-0.2, -0.15) is 0 Å². The van der Waals surface area contributed by atoms with E-state index in [9.17, 15) is 0 Å². The Labute approximate surface area is 84.8 Å². The average molecular weight is 185 g/mol. The smallest absolute Gasteiger partial charge is 0.0535 e. The topological polar surface area (TPSA) is 12.9 Å². The SMILES string of the molecule is CC(C)(C)c1nccc2ccccc12. The highest BCUT2D eigenvalue weighted by Gasteiger charge is 2.17. The molecule has 0 unspecified atom stereocenters. The largest absolute Gasteiger partial charge is 0.260 e. The first kappa shape index (κ1) is 9.20. The maximum absolute atomic E-state index is 4.48. The molecule has 0 spiro atoms. The lowest BCUT2D eigenvalue weighted by atomic mass is 9.88. The van der Waals surface area contributed by atoms with Gasteiger partial charge in [-0.1, -0.05) is 45.0 Å². The first-order valence-corrected chi connectivity index (χ1v) is 4.93. The van der Waals surface area contributed by atoms with Crippen LogP contribution in [0.25, 0.3) is 10.8 Å². The third-order valence-electron chi connectivity index (χ3n) is 2.38. The Balaban J connectivity index is 2.78. The highest BCUT2D eigenvalue weighted by atomic mass is 14.7. The molecule has 0 aliphatic heterocycles. The second-order valence-electron chi connectivity index (χ2n) is 4.63. The molecule has 0 saturated carbocycles. The molecule has 1 heteroatoms. The summed E-state index contributed by atoms with van der Waals surface area (Å²) in [6.45, 7) is 6.59. The minimum absolute atomic E-state index is 0.112. The monoisotopic (exact) mass is 185 g/mol. The Hall–Kier alpha value is -1.37. The van der Waals surface area contributed by atoms with Crippen molar-refractivity contribution in [3.05, 3.63) is 42.2 Å². The molecule has 1 nitrogen and oxygen atoms in total. The highest BCUT2D eigenvalue weighted by molar-refractivity contribution is 5.85. The molecule has 0 saturated heterocycles. The third-order valence-corrected chi connectivity index (χ3v) is 2.38. The standard InChI is InChI=1S/C13H15N/c1-13(2,3)12-11-7-5-4-6-10(11)8-9-14-12/h4-9H,1-3H3. The summed E-state index contributed by atoms with van der Waals surface area (Å²) < 4.78 is 0. The first-order chi connectivity index (χ1) is 6.59. The molecule has 0 radical (unpaired) electrons. The van der Waals surface area contributed by atoms with Crippen molar-refractivity contribution in [1.82, 2.24) is 4.98 Å². The van der Waals surface area contributed by atoms with Crippen molar-refractivity contribution in [2.24, 2.45) is 0 Å². The fraction of sp³-hybridized carbons (Fsp3) is 0.308. The Morgan fingerprint density at radius 3 is 2.43 bits per heavy atom. The quantitative estimate of drug-likeness (QED) is 0.611. The van der Waals surface area contributed by atoms with Crippen LogP contribution in [0, 0.1) is 0 Å².